The monoisotopic (exact) mass is 255 g/mol. The van der Waals surface area contributed by atoms with E-state index in [2.05, 4.69) is 43.3 Å². The van der Waals surface area contributed by atoms with Crippen LogP contribution in [-0.4, -0.2) is 0 Å². The van der Waals surface area contributed by atoms with Crippen molar-refractivity contribution in [2.75, 3.05) is 0 Å². The maximum Gasteiger partial charge on any atom is 0.0689 e. The Labute approximate surface area is 117 Å². The zero-order chi connectivity index (χ0) is 13.6. The molecule has 0 N–H and O–H groups in total. The van der Waals surface area contributed by atoms with Gasteiger partial charge in [0.25, 0.3) is 0 Å². The minimum Gasteiger partial charge on any atom is -0.198 e. The van der Waals surface area contributed by atoms with Crippen molar-refractivity contribution >= 4 is 0 Å². The molecular formula is C18H25N. The highest BCUT2D eigenvalue weighted by Gasteiger charge is 2.34. The SMILES string of the molecule is CCC1CCC(C#N)(CCCc2ccccc2)CC1. The lowest BCUT2D eigenvalue weighted by molar-refractivity contribution is 0.191. The second kappa shape index (κ2) is 6.75. The standard InChI is InChI=1S/C18H25N/c1-2-16-10-13-18(15-19,14-11-16)12-6-9-17-7-4-3-5-8-17/h3-5,7-8,16H,2,6,9-14H2,1H3. The summed E-state index contributed by atoms with van der Waals surface area (Å²) in [5.74, 6) is 0.871. The lowest BCUT2D eigenvalue weighted by Gasteiger charge is -2.34. The maximum atomic E-state index is 9.55. The molecule has 1 fully saturated rings. The first-order chi connectivity index (χ1) is 9.28. The highest BCUT2D eigenvalue weighted by atomic mass is 14.4. The quantitative estimate of drug-likeness (QED) is 0.716. The number of nitrogens with zero attached hydrogens (tertiary/aromatic N) is 1. The second-order valence-electron chi connectivity index (χ2n) is 6.08. The Kier molecular flexibility index (Phi) is 5.02. The molecule has 0 radical (unpaired) electrons. The fraction of sp³-hybridized carbons (Fsp3) is 0.611. The summed E-state index contributed by atoms with van der Waals surface area (Å²) >= 11 is 0. The zero-order valence-electron chi connectivity index (χ0n) is 12.1. The molecule has 1 aromatic rings. The van der Waals surface area contributed by atoms with Gasteiger partial charge in [-0.05, 0) is 56.4 Å². The molecule has 0 aromatic heterocycles. The average Bonchev–Trinajstić information content (AvgIpc) is 2.49. The summed E-state index contributed by atoms with van der Waals surface area (Å²) < 4.78 is 0. The summed E-state index contributed by atoms with van der Waals surface area (Å²) in [4.78, 5) is 0. The van der Waals surface area contributed by atoms with Crippen LogP contribution in [0.2, 0.25) is 0 Å². The van der Waals surface area contributed by atoms with Crippen molar-refractivity contribution in [3.63, 3.8) is 0 Å². The first kappa shape index (κ1) is 14.1. The Morgan fingerprint density at radius 1 is 1.21 bits per heavy atom. The van der Waals surface area contributed by atoms with Crippen LogP contribution < -0.4 is 0 Å². The molecule has 1 nitrogen and oxygen atoms in total. The van der Waals surface area contributed by atoms with Crippen molar-refractivity contribution in [3.8, 4) is 6.07 Å². The fourth-order valence-corrected chi connectivity index (χ4v) is 3.33. The van der Waals surface area contributed by atoms with Crippen molar-refractivity contribution in [3.05, 3.63) is 35.9 Å². The van der Waals surface area contributed by atoms with Gasteiger partial charge in [0, 0.05) is 0 Å². The summed E-state index contributed by atoms with van der Waals surface area (Å²) in [6.07, 6.45) is 9.38. The van der Waals surface area contributed by atoms with E-state index in [1.165, 1.54) is 24.8 Å². The minimum atomic E-state index is -0.0134. The van der Waals surface area contributed by atoms with Crippen LogP contribution >= 0.6 is 0 Å². The van der Waals surface area contributed by atoms with Crippen LogP contribution in [-0.2, 0) is 6.42 Å². The van der Waals surface area contributed by atoms with Gasteiger partial charge in [-0.1, -0.05) is 43.7 Å². The van der Waals surface area contributed by atoms with Crippen molar-refractivity contribution < 1.29 is 0 Å². The number of hydrogen-bond donors (Lipinski definition) is 0. The summed E-state index contributed by atoms with van der Waals surface area (Å²) in [6, 6.07) is 13.3. The largest absolute Gasteiger partial charge is 0.198 e. The van der Waals surface area contributed by atoms with Gasteiger partial charge in [-0.2, -0.15) is 5.26 Å². The molecule has 1 heteroatoms. The molecular weight excluding hydrogens is 230 g/mol. The first-order valence-corrected chi connectivity index (χ1v) is 7.73. The lowest BCUT2D eigenvalue weighted by atomic mass is 9.68. The van der Waals surface area contributed by atoms with E-state index in [0.717, 1.165) is 38.0 Å². The van der Waals surface area contributed by atoms with Crippen LogP contribution in [0.15, 0.2) is 30.3 Å². The number of benzene rings is 1. The van der Waals surface area contributed by atoms with E-state index in [-0.39, 0.29) is 5.41 Å². The molecule has 2 rings (SSSR count). The third kappa shape index (κ3) is 3.83. The predicted molar refractivity (Wildman–Crippen MR) is 79.7 cm³/mol. The average molecular weight is 255 g/mol. The molecule has 1 aliphatic rings. The number of nitriles is 1. The van der Waals surface area contributed by atoms with Gasteiger partial charge in [-0.3, -0.25) is 0 Å². The van der Waals surface area contributed by atoms with E-state index in [1.807, 2.05) is 0 Å². The van der Waals surface area contributed by atoms with Crippen LogP contribution in [0.1, 0.15) is 57.4 Å². The van der Waals surface area contributed by atoms with Crippen LogP contribution in [0, 0.1) is 22.7 Å². The van der Waals surface area contributed by atoms with E-state index in [4.69, 9.17) is 0 Å². The number of hydrogen-bond acceptors (Lipinski definition) is 1. The van der Waals surface area contributed by atoms with Gasteiger partial charge in [-0.25, -0.2) is 0 Å². The Morgan fingerprint density at radius 2 is 1.89 bits per heavy atom. The molecule has 102 valence electrons. The molecule has 1 saturated carbocycles. The van der Waals surface area contributed by atoms with E-state index < -0.39 is 0 Å². The van der Waals surface area contributed by atoms with Crippen LogP contribution in [0.4, 0.5) is 0 Å². The van der Waals surface area contributed by atoms with Gasteiger partial charge in [0.1, 0.15) is 0 Å². The normalized spacial score (nSPS) is 26.8. The molecule has 0 amide bonds. The Balaban J connectivity index is 1.82. The van der Waals surface area contributed by atoms with Crippen LogP contribution in [0.5, 0.6) is 0 Å². The lowest BCUT2D eigenvalue weighted by Crippen LogP contribution is -2.26. The summed E-state index contributed by atoms with van der Waals surface area (Å²) in [6.45, 7) is 2.28. The third-order valence-electron chi connectivity index (χ3n) is 4.84. The molecule has 1 aliphatic carbocycles. The molecule has 0 spiro atoms. The summed E-state index contributed by atoms with van der Waals surface area (Å²) in [5.41, 5.74) is 1.39. The number of aryl methyl sites for hydroxylation is 1. The molecule has 0 aliphatic heterocycles. The topological polar surface area (TPSA) is 23.8 Å². The van der Waals surface area contributed by atoms with Gasteiger partial charge in [0.05, 0.1) is 11.5 Å². The highest BCUT2D eigenvalue weighted by molar-refractivity contribution is 5.14. The Hall–Kier alpha value is -1.29. The van der Waals surface area contributed by atoms with Crippen molar-refractivity contribution in [2.45, 2.75) is 58.3 Å². The molecule has 0 heterocycles. The Bertz CT molecular complexity index is 407. The maximum absolute atomic E-state index is 9.55. The molecule has 0 atom stereocenters. The minimum absolute atomic E-state index is 0.0134. The highest BCUT2D eigenvalue weighted by Crippen LogP contribution is 2.42. The van der Waals surface area contributed by atoms with Crippen LogP contribution in [0.25, 0.3) is 0 Å². The Morgan fingerprint density at radius 3 is 2.47 bits per heavy atom. The summed E-state index contributed by atoms with van der Waals surface area (Å²) in [5, 5.41) is 9.55. The predicted octanol–water partition coefficient (Wildman–Crippen LogP) is 5.12. The molecule has 19 heavy (non-hydrogen) atoms. The fourth-order valence-electron chi connectivity index (χ4n) is 3.33. The van der Waals surface area contributed by atoms with Crippen molar-refractivity contribution in [2.24, 2.45) is 11.3 Å². The molecule has 0 unspecified atom stereocenters. The molecule has 0 saturated heterocycles. The van der Waals surface area contributed by atoms with E-state index in [0.29, 0.717) is 0 Å². The zero-order valence-corrected chi connectivity index (χ0v) is 12.1. The van der Waals surface area contributed by atoms with Gasteiger partial charge in [0.15, 0.2) is 0 Å². The van der Waals surface area contributed by atoms with E-state index in [9.17, 15) is 5.26 Å². The summed E-state index contributed by atoms with van der Waals surface area (Å²) in [7, 11) is 0. The smallest absolute Gasteiger partial charge is 0.0689 e. The van der Waals surface area contributed by atoms with Crippen molar-refractivity contribution in [1.82, 2.24) is 0 Å². The third-order valence-corrected chi connectivity index (χ3v) is 4.84. The van der Waals surface area contributed by atoms with Gasteiger partial charge >= 0.3 is 0 Å². The van der Waals surface area contributed by atoms with Crippen molar-refractivity contribution in [1.29, 1.82) is 5.26 Å². The molecule has 0 bridgehead atoms. The van der Waals surface area contributed by atoms with Gasteiger partial charge < -0.3 is 0 Å². The number of rotatable bonds is 5. The van der Waals surface area contributed by atoms with E-state index in [1.54, 1.807) is 0 Å². The molecule has 1 aromatic carbocycles. The van der Waals surface area contributed by atoms with E-state index >= 15 is 0 Å². The van der Waals surface area contributed by atoms with Gasteiger partial charge in [-0.15, -0.1) is 0 Å². The van der Waals surface area contributed by atoms with Crippen LogP contribution in [0.3, 0.4) is 0 Å². The van der Waals surface area contributed by atoms with Gasteiger partial charge in [0.2, 0.25) is 0 Å². The first-order valence-electron chi connectivity index (χ1n) is 7.73. The second-order valence-corrected chi connectivity index (χ2v) is 6.08.